The van der Waals surface area contributed by atoms with Gasteiger partial charge in [0.1, 0.15) is 13.2 Å². The fraction of sp³-hybridized carbons (Fsp3) is 0.250. The summed E-state index contributed by atoms with van der Waals surface area (Å²) in [6, 6.07) is 11.8. The Bertz CT molecular complexity index is 823. The summed E-state index contributed by atoms with van der Waals surface area (Å²) in [5.74, 6) is 1.02. The van der Waals surface area contributed by atoms with E-state index in [0.29, 0.717) is 24.7 Å². The van der Waals surface area contributed by atoms with Gasteiger partial charge in [-0.05, 0) is 30.7 Å². The summed E-state index contributed by atoms with van der Waals surface area (Å²) in [4.78, 5) is 0.153. The van der Waals surface area contributed by atoms with Gasteiger partial charge in [-0.1, -0.05) is 34.1 Å². The van der Waals surface area contributed by atoms with Crippen LogP contribution in [-0.2, 0) is 10.0 Å². The number of ether oxygens (including phenoxy) is 2. The first-order valence-corrected chi connectivity index (χ1v) is 9.41. The van der Waals surface area contributed by atoms with Crippen molar-refractivity contribution in [3.63, 3.8) is 0 Å². The third-order valence-corrected chi connectivity index (χ3v) is 5.79. The number of halogens is 1. The SMILES string of the molecule is C[C@H](NS(=O)(=O)c1ccc2c(c1)OCCO2)c1ccccc1Br. The van der Waals surface area contributed by atoms with Crippen LogP contribution < -0.4 is 14.2 Å². The van der Waals surface area contributed by atoms with Gasteiger partial charge >= 0.3 is 0 Å². The lowest BCUT2D eigenvalue weighted by Gasteiger charge is -2.20. The topological polar surface area (TPSA) is 64.6 Å². The van der Waals surface area contributed by atoms with Crippen LogP contribution in [0.15, 0.2) is 51.8 Å². The number of nitrogens with one attached hydrogen (secondary N) is 1. The Kier molecular flexibility index (Phi) is 4.61. The van der Waals surface area contributed by atoms with Crippen molar-refractivity contribution in [3.8, 4) is 11.5 Å². The van der Waals surface area contributed by atoms with E-state index in [2.05, 4.69) is 20.7 Å². The van der Waals surface area contributed by atoms with E-state index in [1.165, 1.54) is 12.1 Å². The van der Waals surface area contributed by atoms with Crippen molar-refractivity contribution < 1.29 is 17.9 Å². The Hall–Kier alpha value is -1.57. The fourth-order valence-electron chi connectivity index (χ4n) is 2.38. The molecule has 1 N–H and O–H groups in total. The van der Waals surface area contributed by atoms with Gasteiger partial charge in [0.2, 0.25) is 10.0 Å². The Labute approximate surface area is 143 Å². The lowest BCUT2D eigenvalue weighted by Crippen LogP contribution is -2.27. The Balaban J connectivity index is 1.86. The minimum Gasteiger partial charge on any atom is -0.486 e. The molecule has 2 aromatic carbocycles. The van der Waals surface area contributed by atoms with E-state index >= 15 is 0 Å². The molecule has 7 heteroatoms. The molecule has 122 valence electrons. The standard InChI is InChI=1S/C16H16BrNO4S/c1-11(13-4-2-3-5-14(13)17)18-23(19,20)12-6-7-15-16(10-12)22-9-8-21-15/h2-7,10-11,18H,8-9H2,1H3/t11-/m0/s1. The van der Waals surface area contributed by atoms with Crippen molar-refractivity contribution >= 4 is 26.0 Å². The minimum atomic E-state index is -3.66. The highest BCUT2D eigenvalue weighted by molar-refractivity contribution is 9.10. The second kappa shape index (κ2) is 6.51. The summed E-state index contributed by atoms with van der Waals surface area (Å²) in [6.45, 7) is 2.68. The largest absolute Gasteiger partial charge is 0.486 e. The van der Waals surface area contributed by atoms with E-state index in [1.807, 2.05) is 24.3 Å². The Morgan fingerprint density at radius 2 is 1.78 bits per heavy atom. The zero-order valence-electron chi connectivity index (χ0n) is 12.5. The summed E-state index contributed by atoms with van der Waals surface area (Å²) >= 11 is 3.44. The zero-order valence-corrected chi connectivity index (χ0v) is 14.9. The minimum absolute atomic E-state index is 0.153. The molecular weight excluding hydrogens is 382 g/mol. The molecule has 3 rings (SSSR count). The number of rotatable bonds is 4. The number of hydrogen-bond donors (Lipinski definition) is 1. The molecule has 0 fully saturated rings. The molecule has 5 nitrogen and oxygen atoms in total. The quantitative estimate of drug-likeness (QED) is 0.859. The first kappa shape index (κ1) is 16.3. The third-order valence-electron chi connectivity index (χ3n) is 3.53. The number of benzene rings is 2. The lowest BCUT2D eigenvalue weighted by molar-refractivity contribution is 0.171. The predicted molar refractivity (Wildman–Crippen MR) is 90.3 cm³/mol. The van der Waals surface area contributed by atoms with Gasteiger partial charge < -0.3 is 9.47 Å². The van der Waals surface area contributed by atoms with E-state index in [0.717, 1.165) is 10.0 Å². The summed E-state index contributed by atoms with van der Waals surface area (Å²) in [7, 11) is -3.66. The molecule has 0 saturated heterocycles. The van der Waals surface area contributed by atoms with Gasteiger partial charge in [-0.25, -0.2) is 13.1 Å². The average molecular weight is 398 g/mol. The number of fused-ring (bicyclic) bond motifs is 1. The van der Waals surface area contributed by atoms with Crippen molar-refractivity contribution in [1.29, 1.82) is 0 Å². The highest BCUT2D eigenvalue weighted by Gasteiger charge is 2.22. The average Bonchev–Trinajstić information content (AvgIpc) is 2.54. The molecule has 1 atom stereocenters. The van der Waals surface area contributed by atoms with Gasteiger partial charge in [0.05, 0.1) is 4.90 Å². The van der Waals surface area contributed by atoms with Crippen LogP contribution in [0.5, 0.6) is 11.5 Å². The summed E-state index contributed by atoms with van der Waals surface area (Å²) in [6.07, 6.45) is 0. The molecule has 2 aromatic rings. The Morgan fingerprint density at radius 1 is 1.09 bits per heavy atom. The van der Waals surface area contributed by atoms with Crippen molar-refractivity contribution in [3.05, 3.63) is 52.5 Å². The number of hydrogen-bond acceptors (Lipinski definition) is 4. The molecule has 1 heterocycles. The van der Waals surface area contributed by atoms with E-state index in [-0.39, 0.29) is 10.9 Å². The van der Waals surface area contributed by atoms with Gasteiger partial charge in [-0.2, -0.15) is 0 Å². The van der Waals surface area contributed by atoms with Crippen LogP contribution in [0.4, 0.5) is 0 Å². The second-order valence-corrected chi connectivity index (χ2v) is 7.74. The van der Waals surface area contributed by atoms with E-state index in [4.69, 9.17) is 9.47 Å². The molecule has 0 saturated carbocycles. The maximum absolute atomic E-state index is 12.6. The fourth-order valence-corrected chi connectivity index (χ4v) is 4.25. The van der Waals surface area contributed by atoms with E-state index in [1.54, 1.807) is 13.0 Å². The first-order chi connectivity index (χ1) is 11.0. The van der Waals surface area contributed by atoms with E-state index in [9.17, 15) is 8.42 Å². The molecule has 0 bridgehead atoms. The van der Waals surface area contributed by atoms with Crippen molar-refractivity contribution in [1.82, 2.24) is 4.72 Å². The molecule has 0 amide bonds. The maximum atomic E-state index is 12.6. The summed E-state index contributed by atoms with van der Waals surface area (Å²) in [5.41, 5.74) is 0.869. The molecule has 23 heavy (non-hydrogen) atoms. The van der Waals surface area contributed by atoms with Gasteiger partial charge in [0.25, 0.3) is 0 Å². The normalized spacial score (nSPS) is 15.2. The van der Waals surface area contributed by atoms with Crippen LogP contribution in [0, 0.1) is 0 Å². The van der Waals surface area contributed by atoms with Crippen LogP contribution >= 0.6 is 15.9 Å². The highest BCUT2D eigenvalue weighted by atomic mass is 79.9. The van der Waals surface area contributed by atoms with Crippen molar-refractivity contribution in [2.75, 3.05) is 13.2 Å². The molecule has 0 unspecified atom stereocenters. The van der Waals surface area contributed by atoms with Gasteiger partial charge in [-0.3, -0.25) is 0 Å². The monoisotopic (exact) mass is 397 g/mol. The van der Waals surface area contributed by atoms with Gasteiger partial charge in [0, 0.05) is 16.6 Å². The van der Waals surface area contributed by atoms with Crippen LogP contribution in [0.3, 0.4) is 0 Å². The molecule has 0 radical (unpaired) electrons. The zero-order chi connectivity index (χ0) is 16.4. The predicted octanol–water partition coefficient (Wildman–Crippen LogP) is 3.26. The summed E-state index contributed by atoms with van der Waals surface area (Å²) in [5, 5.41) is 0. The smallest absolute Gasteiger partial charge is 0.241 e. The third kappa shape index (κ3) is 3.52. The van der Waals surface area contributed by atoms with Crippen molar-refractivity contribution in [2.45, 2.75) is 17.9 Å². The molecule has 1 aliphatic rings. The first-order valence-electron chi connectivity index (χ1n) is 7.14. The number of sulfonamides is 1. The maximum Gasteiger partial charge on any atom is 0.241 e. The molecular formula is C16H16BrNO4S. The summed E-state index contributed by atoms with van der Waals surface area (Å²) < 4.78 is 39.6. The molecule has 1 aliphatic heterocycles. The van der Waals surface area contributed by atoms with Crippen LogP contribution in [0.2, 0.25) is 0 Å². The van der Waals surface area contributed by atoms with Gasteiger partial charge in [-0.15, -0.1) is 0 Å². The highest BCUT2D eigenvalue weighted by Crippen LogP contribution is 2.33. The lowest BCUT2D eigenvalue weighted by atomic mass is 10.1. The van der Waals surface area contributed by atoms with Crippen molar-refractivity contribution in [2.24, 2.45) is 0 Å². The van der Waals surface area contributed by atoms with E-state index < -0.39 is 10.0 Å². The van der Waals surface area contributed by atoms with Gasteiger partial charge in [0.15, 0.2) is 11.5 Å². The molecule has 0 aliphatic carbocycles. The second-order valence-electron chi connectivity index (χ2n) is 5.17. The van der Waals surface area contributed by atoms with Crippen LogP contribution in [-0.4, -0.2) is 21.6 Å². The van der Waals surface area contributed by atoms with Crippen LogP contribution in [0.1, 0.15) is 18.5 Å². The molecule has 0 spiro atoms. The molecule has 0 aromatic heterocycles. The Morgan fingerprint density at radius 3 is 2.52 bits per heavy atom. The van der Waals surface area contributed by atoms with Crippen LogP contribution in [0.25, 0.3) is 0 Å².